The van der Waals surface area contributed by atoms with Crippen LogP contribution >= 0.6 is 0 Å². The zero-order chi connectivity index (χ0) is 20.4. The zero-order valence-corrected chi connectivity index (χ0v) is 15.3. The Balaban J connectivity index is 1.54. The molecule has 146 valence electrons. The quantitative estimate of drug-likeness (QED) is 0.538. The lowest BCUT2D eigenvalue weighted by Crippen LogP contribution is -2.14. The summed E-state index contributed by atoms with van der Waals surface area (Å²) in [4.78, 5) is 16.8. The molecule has 0 saturated heterocycles. The molecular formula is C21H16F2N4O2. The predicted molar refractivity (Wildman–Crippen MR) is 105 cm³/mol. The molecule has 6 nitrogen and oxygen atoms in total. The van der Waals surface area contributed by atoms with Gasteiger partial charge in [0, 0.05) is 5.69 Å². The monoisotopic (exact) mass is 394 g/mol. The molecule has 0 aliphatic heterocycles. The first-order chi connectivity index (χ1) is 14.0. The van der Waals surface area contributed by atoms with E-state index in [4.69, 9.17) is 0 Å². The Morgan fingerprint density at radius 2 is 1.76 bits per heavy atom. The van der Waals surface area contributed by atoms with Crippen LogP contribution in [-0.2, 0) is 0 Å². The van der Waals surface area contributed by atoms with Crippen LogP contribution in [0, 0.1) is 6.92 Å². The van der Waals surface area contributed by atoms with Gasteiger partial charge < -0.3 is 10.1 Å². The maximum absolute atomic E-state index is 12.6. The molecule has 29 heavy (non-hydrogen) atoms. The number of carbonyl (C=O) groups excluding carboxylic acids is 1. The third-order valence-corrected chi connectivity index (χ3v) is 4.29. The third kappa shape index (κ3) is 4.06. The second kappa shape index (κ2) is 7.67. The number of aryl methyl sites for hydroxylation is 1. The average molecular weight is 394 g/mol. The van der Waals surface area contributed by atoms with Crippen molar-refractivity contribution in [3.8, 4) is 11.4 Å². The van der Waals surface area contributed by atoms with Crippen LogP contribution in [0.25, 0.3) is 16.5 Å². The Bertz CT molecular complexity index is 1170. The zero-order valence-electron chi connectivity index (χ0n) is 15.3. The number of anilines is 1. The molecular weight excluding hydrogens is 378 g/mol. The van der Waals surface area contributed by atoms with Gasteiger partial charge in [0.15, 0.2) is 0 Å². The highest BCUT2D eigenvalue weighted by Gasteiger charge is 2.16. The maximum atomic E-state index is 12.6. The fourth-order valence-corrected chi connectivity index (χ4v) is 2.95. The number of nitrogens with zero attached hydrogens (tertiary/aromatic N) is 3. The molecule has 1 N–H and O–H groups in total. The summed E-state index contributed by atoms with van der Waals surface area (Å²) in [7, 11) is 0. The molecule has 4 rings (SSSR count). The van der Waals surface area contributed by atoms with Crippen LogP contribution in [0.5, 0.6) is 5.75 Å². The van der Waals surface area contributed by atoms with Crippen LogP contribution in [0.4, 0.5) is 14.5 Å². The molecule has 0 atom stereocenters. The van der Waals surface area contributed by atoms with Crippen molar-refractivity contribution in [3.05, 3.63) is 78.4 Å². The molecule has 0 saturated carbocycles. The number of benzene rings is 3. The van der Waals surface area contributed by atoms with Crippen LogP contribution in [0.3, 0.4) is 0 Å². The fourth-order valence-electron chi connectivity index (χ4n) is 2.95. The van der Waals surface area contributed by atoms with Crippen molar-refractivity contribution < 1.29 is 18.3 Å². The molecule has 0 fully saturated rings. The van der Waals surface area contributed by atoms with Gasteiger partial charge in [0.1, 0.15) is 11.6 Å². The number of nitrogens with one attached hydrogen (secondary N) is 1. The smallest absolute Gasteiger partial charge is 0.387 e. The Morgan fingerprint density at radius 3 is 2.48 bits per heavy atom. The van der Waals surface area contributed by atoms with E-state index in [1.54, 1.807) is 19.1 Å². The number of halogens is 2. The van der Waals surface area contributed by atoms with Gasteiger partial charge in [-0.3, -0.25) is 4.79 Å². The van der Waals surface area contributed by atoms with Crippen molar-refractivity contribution in [1.29, 1.82) is 0 Å². The SMILES string of the molecule is Cc1nc(C(=O)Nc2ccc3ccccc3c2)nn1-c1ccc(OC(F)F)cc1. The number of ether oxygens (including phenoxy) is 1. The second-order valence-electron chi connectivity index (χ2n) is 6.28. The lowest BCUT2D eigenvalue weighted by molar-refractivity contribution is -0.0498. The molecule has 3 aromatic carbocycles. The van der Waals surface area contributed by atoms with Gasteiger partial charge in [0.2, 0.25) is 5.82 Å². The number of alkyl halides is 2. The highest BCUT2D eigenvalue weighted by atomic mass is 19.3. The first-order valence-corrected chi connectivity index (χ1v) is 8.79. The van der Waals surface area contributed by atoms with E-state index in [1.165, 1.54) is 16.8 Å². The molecule has 0 spiro atoms. The molecule has 1 amide bonds. The summed E-state index contributed by atoms with van der Waals surface area (Å²) in [6.07, 6.45) is 0. The highest BCUT2D eigenvalue weighted by Crippen LogP contribution is 2.20. The van der Waals surface area contributed by atoms with Crippen LogP contribution < -0.4 is 10.1 Å². The predicted octanol–water partition coefficient (Wildman–Crippen LogP) is 4.58. The Labute approximate surface area is 164 Å². The molecule has 1 aromatic heterocycles. The minimum atomic E-state index is -2.89. The summed E-state index contributed by atoms with van der Waals surface area (Å²) >= 11 is 0. The standard InChI is InChI=1S/C21H16F2N4O2/c1-13-24-19(26-27(13)17-8-10-18(11-9-17)29-21(22)23)20(28)25-16-7-6-14-4-2-3-5-15(14)12-16/h2-12,21H,1H3,(H,25,28). The fraction of sp³-hybridized carbons (Fsp3) is 0.0952. The molecule has 1 heterocycles. The summed E-state index contributed by atoms with van der Waals surface area (Å²) in [5.74, 6) is 0.0790. The maximum Gasteiger partial charge on any atom is 0.387 e. The number of aromatic nitrogens is 3. The summed E-state index contributed by atoms with van der Waals surface area (Å²) < 4.78 is 30.3. The number of amides is 1. The van der Waals surface area contributed by atoms with Gasteiger partial charge in [-0.05, 0) is 54.1 Å². The minimum absolute atomic E-state index is 0.00330. The number of hydrogen-bond donors (Lipinski definition) is 1. The first-order valence-electron chi connectivity index (χ1n) is 8.79. The summed E-state index contributed by atoms with van der Waals surface area (Å²) in [6, 6.07) is 19.4. The normalized spacial score (nSPS) is 11.0. The molecule has 0 unspecified atom stereocenters. The van der Waals surface area contributed by atoms with Gasteiger partial charge >= 0.3 is 6.61 Å². The first kappa shape index (κ1) is 18.5. The van der Waals surface area contributed by atoms with E-state index in [-0.39, 0.29) is 11.6 Å². The van der Waals surface area contributed by atoms with Crippen molar-refractivity contribution in [2.45, 2.75) is 13.5 Å². The Morgan fingerprint density at radius 1 is 1.03 bits per heavy atom. The average Bonchev–Trinajstić information content (AvgIpc) is 3.10. The van der Waals surface area contributed by atoms with Crippen molar-refractivity contribution in [1.82, 2.24) is 14.8 Å². The van der Waals surface area contributed by atoms with E-state index in [0.717, 1.165) is 10.8 Å². The van der Waals surface area contributed by atoms with Crippen LogP contribution in [-0.4, -0.2) is 27.3 Å². The van der Waals surface area contributed by atoms with Gasteiger partial charge in [-0.1, -0.05) is 30.3 Å². The van der Waals surface area contributed by atoms with Gasteiger partial charge in [0.05, 0.1) is 5.69 Å². The number of fused-ring (bicyclic) bond motifs is 1. The lowest BCUT2D eigenvalue weighted by atomic mass is 10.1. The Hall–Kier alpha value is -3.81. The van der Waals surface area contributed by atoms with Crippen LogP contribution in [0.15, 0.2) is 66.7 Å². The lowest BCUT2D eigenvalue weighted by Gasteiger charge is -2.06. The van der Waals surface area contributed by atoms with E-state index in [2.05, 4.69) is 20.1 Å². The van der Waals surface area contributed by atoms with E-state index in [1.807, 2.05) is 42.5 Å². The van der Waals surface area contributed by atoms with Crippen LogP contribution in [0.2, 0.25) is 0 Å². The van der Waals surface area contributed by atoms with E-state index < -0.39 is 12.5 Å². The van der Waals surface area contributed by atoms with E-state index in [9.17, 15) is 13.6 Å². The van der Waals surface area contributed by atoms with Gasteiger partial charge in [-0.25, -0.2) is 9.67 Å². The third-order valence-electron chi connectivity index (χ3n) is 4.29. The summed E-state index contributed by atoms with van der Waals surface area (Å²) in [5, 5.41) is 9.10. The van der Waals surface area contributed by atoms with Crippen molar-refractivity contribution in [2.75, 3.05) is 5.32 Å². The summed E-state index contributed by atoms with van der Waals surface area (Å²) in [5.41, 5.74) is 1.21. The van der Waals surface area contributed by atoms with Gasteiger partial charge in [-0.15, -0.1) is 5.10 Å². The molecule has 8 heteroatoms. The molecule has 0 aliphatic carbocycles. The second-order valence-corrected chi connectivity index (χ2v) is 6.28. The minimum Gasteiger partial charge on any atom is -0.435 e. The molecule has 0 bridgehead atoms. The van der Waals surface area contributed by atoms with Crippen molar-refractivity contribution in [3.63, 3.8) is 0 Å². The highest BCUT2D eigenvalue weighted by molar-refractivity contribution is 6.02. The van der Waals surface area contributed by atoms with E-state index >= 15 is 0 Å². The van der Waals surface area contributed by atoms with Crippen molar-refractivity contribution in [2.24, 2.45) is 0 Å². The molecule has 4 aromatic rings. The van der Waals surface area contributed by atoms with Gasteiger partial charge in [0.25, 0.3) is 5.91 Å². The number of carbonyl (C=O) groups is 1. The molecule has 0 aliphatic rings. The number of hydrogen-bond acceptors (Lipinski definition) is 4. The number of rotatable bonds is 5. The topological polar surface area (TPSA) is 69.0 Å². The molecule has 0 radical (unpaired) electrons. The van der Waals surface area contributed by atoms with Crippen molar-refractivity contribution >= 4 is 22.4 Å². The van der Waals surface area contributed by atoms with Crippen LogP contribution in [0.1, 0.15) is 16.4 Å². The summed E-state index contributed by atoms with van der Waals surface area (Å²) in [6.45, 7) is -1.19. The Kier molecular flexibility index (Phi) is 4.90. The van der Waals surface area contributed by atoms with Gasteiger partial charge in [-0.2, -0.15) is 8.78 Å². The largest absolute Gasteiger partial charge is 0.435 e. The van der Waals surface area contributed by atoms with E-state index in [0.29, 0.717) is 17.2 Å².